The summed E-state index contributed by atoms with van der Waals surface area (Å²) in [5, 5.41) is 0. The summed E-state index contributed by atoms with van der Waals surface area (Å²) in [7, 11) is 0. The molecule has 0 radical (unpaired) electrons. The third kappa shape index (κ3) is 5.34. The van der Waals surface area contributed by atoms with E-state index in [9.17, 15) is 14.4 Å². The van der Waals surface area contributed by atoms with E-state index in [-0.39, 0.29) is 30.1 Å². The number of hydrogen-bond donors (Lipinski definition) is 0. The Balaban J connectivity index is 1.20. The van der Waals surface area contributed by atoms with Gasteiger partial charge < -0.3 is 19.1 Å². The molecule has 7 heteroatoms. The Morgan fingerprint density at radius 2 is 1.71 bits per heavy atom. The molecule has 2 saturated heterocycles. The number of piperazine rings is 1. The smallest absolute Gasteiger partial charge is 0.228 e. The fourth-order valence-electron chi connectivity index (χ4n) is 4.36. The third-order valence-corrected chi connectivity index (χ3v) is 6.13. The van der Waals surface area contributed by atoms with E-state index < -0.39 is 0 Å². The van der Waals surface area contributed by atoms with Crippen LogP contribution in [0.25, 0.3) is 0 Å². The number of hydrogen-bond acceptors (Lipinski definition) is 4. The summed E-state index contributed by atoms with van der Waals surface area (Å²) < 4.78 is 5.32. The number of benzene rings is 1. The van der Waals surface area contributed by atoms with Gasteiger partial charge >= 0.3 is 0 Å². The monoisotopic (exact) mass is 423 g/mol. The predicted molar refractivity (Wildman–Crippen MR) is 115 cm³/mol. The van der Waals surface area contributed by atoms with Crippen LogP contribution in [0.1, 0.15) is 30.6 Å². The molecule has 2 aliphatic rings. The minimum Gasteiger partial charge on any atom is -0.467 e. The number of nitrogens with zero attached hydrogens (tertiary/aromatic N) is 3. The number of furan rings is 1. The molecule has 3 amide bonds. The summed E-state index contributed by atoms with van der Waals surface area (Å²) in [5.74, 6) is 0.577. The highest BCUT2D eigenvalue weighted by Crippen LogP contribution is 2.23. The normalized spacial score (nSPS) is 19.2. The molecule has 1 unspecified atom stereocenters. The largest absolute Gasteiger partial charge is 0.467 e. The van der Waals surface area contributed by atoms with E-state index in [1.165, 1.54) is 5.56 Å². The first-order valence-corrected chi connectivity index (χ1v) is 11.0. The van der Waals surface area contributed by atoms with Crippen LogP contribution in [0.2, 0.25) is 0 Å². The number of likely N-dealkylation sites (tertiary alicyclic amines) is 1. The van der Waals surface area contributed by atoms with Crippen LogP contribution in [-0.2, 0) is 27.3 Å². The van der Waals surface area contributed by atoms with Gasteiger partial charge in [-0.1, -0.05) is 30.3 Å². The number of amides is 3. The molecule has 3 heterocycles. The first kappa shape index (κ1) is 21.2. The molecule has 0 N–H and O–H groups in total. The maximum atomic E-state index is 12.9. The van der Waals surface area contributed by atoms with E-state index in [2.05, 4.69) is 12.1 Å². The first-order valence-electron chi connectivity index (χ1n) is 11.0. The summed E-state index contributed by atoms with van der Waals surface area (Å²) in [6.07, 6.45) is 4.09. The molecule has 7 nitrogen and oxygen atoms in total. The van der Waals surface area contributed by atoms with Crippen LogP contribution in [0.5, 0.6) is 0 Å². The van der Waals surface area contributed by atoms with E-state index in [0.29, 0.717) is 45.7 Å². The van der Waals surface area contributed by atoms with Gasteiger partial charge in [-0.05, 0) is 30.5 Å². The Morgan fingerprint density at radius 1 is 0.968 bits per heavy atom. The molecule has 164 valence electrons. The quantitative estimate of drug-likeness (QED) is 0.685. The molecule has 1 aromatic carbocycles. The topological polar surface area (TPSA) is 74.1 Å². The molecule has 31 heavy (non-hydrogen) atoms. The van der Waals surface area contributed by atoms with E-state index in [1.54, 1.807) is 17.2 Å². The van der Waals surface area contributed by atoms with Gasteiger partial charge in [0.15, 0.2) is 0 Å². The zero-order chi connectivity index (χ0) is 21.6. The Hall–Kier alpha value is -3.09. The average molecular weight is 424 g/mol. The van der Waals surface area contributed by atoms with Gasteiger partial charge in [0, 0.05) is 45.6 Å². The average Bonchev–Trinajstić information content (AvgIpc) is 3.44. The van der Waals surface area contributed by atoms with E-state index >= 15 is 0 Å². The van der Waals surface area contributed by atoms with Gasteiger partial charge in [-0.2, -0.15) is 0 Å². The molecule has 2 fully saturated rings. The molecule has 2 aliphatic heterocycles. The summed E-state index contributed by atoms with van der Waals surface area (Å²) >= 11 is 0. The van der Waals surface area contributed by atoms with Crippen molar-refractivity contribution < 1.29 is 18.8 Å². The molecule has 1 aromatic heterocycles. The van der Waals surface area contributed by atoms with Gasteiger partial charge in [0.1, 0.15) is 5.76 Å². The molecule has 4 rings (SSSR count). The second-order valence-corrected chi connectivity index (χ2v) is 8.30. The standard InChI is InChI=1S/C24H29N3O4/c28-22(10-4-8-19-6-2-1-3-7-19)25-11-13-26(14-12-25)24(30)20-16-23(29)27(17-20)18-21-9-5-15-31-21/h1-3,5-7,9,15,20H,4,8,10-14,16-18H2. The molecule has 1 atom stereocenters. The summed E-state index contributed by atoms with van der Waals surface area (Å²) in [6.45, 7) is 3.02. The molecule has 0 bridgehead atoms. The zero-order valence-corrected chi connectivity index (χ0v) is 17.7. The van der Waals surface area contributed by atoms with Gasteiger partial charge in [0.2, 0.25) is 17.7 Å². The van der Waals surface area contributed by atoms with Crippen molar-refractivity contribution in [3.63, 3.8) is 0 Å². The molecule has 0 saturated carbocycles. The minimum absolute atomic E-state index is 0.0121. The van der Waals surface area contributed by atoms with Crippen molar-refractivity contribution in [3.8, 4) is 0 Å². The number of rotatable bonds is 7. The number of carbonyl (C=O) groups excluding carboxylic acids is 3. The fraction of sp³-hybridized carbons (Fsp3) is 0.458. The Kier molecular flexibility index (Phi) is 6.70. The lowest BCUT2D eigenvalue weighted by molar-refractivity contribution is -0.142. The van der Waals surface area contributed by atoms with Crippen LogP contribution >= 0.6 is 0 Å². The van der Waals surface area contributed by atoms with E-state index in [0.717, 1.165) is 18.6 Å². The van der Waals surface area contributed by atoms with Crippen LogP contribution in [-0.4, -0.2) is 65.1 Å². The van der Waals surface area contributed by atoms with Gasteiger partial charge in [-0.15, -0.1) is 0 Å². The lowest BCUT2D eigenvalue weighted by Gasteiger charge is -2.36. The van der Waals surface area contributed by atoms with Gasteiger partial charge in [-0.25, -0.2) is 0 Å². The third-order valence-electron chi connectivity index (χ3n) is 6.13. The second kappa shape index (κ2) is 9.81. The fourth-order valence-corrected chi connectivity index (χ4v) is 4.36. The van der Waals surface area contributed by atoms with Crippen LogP contribution in [0, 0.1) is 5.92 Å². The Morgan fingerprint density at radius 3 is 2.42 bits per heavy atom. The van der Waals surface area contributed by atoms with Gasteiger partial charge in [-0.3, -0.25) is 14.4 Å². The predicted octanol–water partition coefficient (Wildman–Crippen LogP) is 2.32. The van der Waals surface area contributed by atoms with Crippen molar-refractivity contribution in [1.29, 1.82) is 0 Å². The highest BCUT2D eigenvalue weighted by Gasteiger charge is 2.37. The first-order chi connectivity index (χ1) is 15.1. The molecule has 0 aliphatic carbocycles. The van der Waals surface area contributed by atoms with Crippen molar-refractivity contribution in [1.82, 2.24) is 14.7 Å². The van der Waals surface area contributed by atoms with Crippen molar-refractivity contribution in [2.75, 3.05) is 32.7 Å². The van der Waals surface area contributed by atoms with Crippen molar-refractivity contribution in [2.45, 2.75) is 32.2 Å². The van der Waals surface area contributed by atoms with Crippen molar-refractivity contribution in [2.24, 2.45) is 5.92 Å². The van der Waals surface area contributed by atoms with Gasteiger partial charge in [0.25, 0.3) is 0 Å². The van der Waals surface area contributed by atoms with Gasteiger partial charge in [0.05, 0.1) is 18.7 Å². The Bertz CT molecular complexity index is 889. The highest BCUT2D eigenvalue weighted by atomic mass is 16.3. The summed E-state index contributed by atoms with van der Waals surface area (Å²) in [5.41, 5.74) is 1.25. The maximum absolute atomic E-state index is 12.9. The van der Waals surface area contributed by atoms with Crippen LogP contribution in [0.15, 0.2) is 53.1 Å². The molecular formula is C24H29N3O4. The van der Waals surface area contributed by atoms with Crippen LogP contribution in [0.3, 0.4) is 0 Å². The van der Waals surface area contributed by atoms with E-state index in [4.69, 9.17) is 4.42 Å². The number of carbonyl (C=O) groups is 3. The lowest BCUT2D eigenvalue weighted by Crippen LogP contribution is -2.52. The Labute approximate surface area is 182 Å². The lowest BCUT2D eigenvalue weighted by atomic mass is 10.1. The highest BCUT2D eigenvalue weighted by molar-refractivity contribution is 5.89. The summed E-state index contributed by atoms with van der Waals surface area (Å²) in [4.78, 5) is 43.1. The van der Waals surface area contributed by atoms with E-state index in [1.807, 2.05) is 34.1 Å². The maximum Gasteiger partial charge on any atom is 0.228 e. The second-order valence-electron chi connectivity index (χ2n) is 8.30. The summed E-state index contributed by atoms with van der Waals surface area (Å²) in [6, 6.07) is 13.8. The molecule has 0 spiro atoms. The SMILES string of the molecule is O=C(CCCc1ccccc1)N1CCN(C(=O)C2CC(=O)N(Cc3ccco3)C2)CC1. The van der Waals surface area contributed by atoms with Crippen LogP contribution in [0.4, 0.5) is 0 Å². The molecule has 2 aromatic rings. The molecular weight excluding hydrogens is 394 g/mol. The van der Waals surface area contributed by atoms with Crippen LogP contribution < -0.4 is 0 Å². The van der Waals surface area contributed by atoms with Crippen molar-refractivity contribution in [3.05, 3.63) is 60.1 Å². The van der Waals surface area contributed by atoms with Crippen molar-refractivity contribution >= 4 is 17.7 Å². The zero-order valence-electron chi connectivity index (χ0n) is 17.7. The number of aryl methyl sites for hydroxylation is 1. The minimum atomic E-state index is -0.310.